The van der Waals surface area contributed by atoms with Crippen LogP contribution in [-0.4, -0.2) is 23.0 Å². The average molecular weight is 377 g/mol. The Kier molecular flexibility index (Phi) is 4.49. The maximum absolute atomic E-state index is 11.7. The Balaban J connectivity index is 1.80. The predicted molar refractivity (Wildman–Crippen MR) is 91.1 cm³/mol. The Morgan fingerprint density at radius 2 is 2.09 bits per heavy atom. The number of aromatic amines is 1. The number of halogens is 1. The number of thioether (sulfide) groups is 1. The van der Waals surface area contributed by atoms with E-state index in [1.165, 1.54) is 7.11 Å². The van der Waals surface area contributed by atoms with E-state index >= 15 is 0 Å². The highest BCUT2D eigenvalue weighted by Crippen LogP contribution is 2.29. The predicted octanol–water partition coefficient (Wildman–Crippen LogP) is 4.40. The number of carbonyl (C=O) groups is 1. The van der Waals surface area contributed by atoms with Crippen LogP contribution in [0.5, 0.6) is 0 Å². The largest absolute Gasteiger partial charge is 0.465 e. The number of methoxy groups -OCH3 is 1. The average Bonchev–Trinajstić information content (AvgIpc) is 2.96. The molecule has 0 aliphatic carbocycles. The van der Waals surface area contributed by atoms with E-state index < -0.39 is 0 Å². The number of rotatable bonds is 4. The minimum Gasteiger partial charge on any atom is -0.465 e. The molecular formula is C16H13BrN2O2S. The molecule has 0 amide bonds. The Morgan fingerprint density at radius 3 is 2.86 bits per heavy atom. The Hall–Kier alpha value is -1.79. The maximum atomic E-state index is 11.7. The number of carbonyl (C=O) groups excluding carboxylic acids is 1. The number of benzene rings is 2. The van der Waals surface area contributed by atoms with E-state index in [9.17, 15) is 4.79 Å². The van der Waals surface area contributed by atoms with E-state index in [0.29, 0.717) is 11.3 Å². The minimum absolute atomic E-state index is 0.345. The molecule has 0 aliphatic rings. The van der Waals surface area contributed by atoms with Gasteiger partial charge in [0.05, 0.1) is 23.7 Å². The SMILES string of the molecule is COC(=O)c1cccc(CSc2nc3ccccc3[nH]2)c1Br. The topological polar surface area (TPSA) is 55.0 Å². The molecule has 112 valence electrons. The highest BCUT2D eigenvalue weighted by Gasteiger charge is 2.13. The number of hydrogen-bond donors (Lipinski definition) is 1. The lowest BCUT2D eigenvalue weighted by Crippen LogP contribution is -2.03. The van der Waals surface area contributed by atoms with Crippen molar-refractivity contribution >= 4 is 44.7 Å². The highest BCUT2D eigenvalue weighted by molar-refractivity contribution is 9.10. The lowest BCUT2D eigenvalue weighted by molar-refractivity contribution is 0.0599. The summed E-state index contributed by atoms with van der Waals surface area (Å²) in [6.07, 6.45) is 0. The van der Waals surface area contributed by atoms with Gasteiger partial charge in [-0.3, -0.25) is 0 Å². The van der Waals surface area contributed by atoms with Crippen LogP contribution in [0.15, 0.2) is 52.1 Å². The van der Waals surface area contributed by atoms with E-state index in [1.807, 2.05) is 36.4 Å². The van der Waals surface area contributed by atoms with Gasteiger partial charge in [-0.2, -0.15) is 0 Å². The van der Waals surface area contributed by atoms with Crippen molar-refractivity contribution in [2.24, 2.45) is 0 Å². The van der Waals surface area contributed by atoms with Crippen LogP contribution in [0, 0.1) is 0 Å². The van der Waals surface area contributed by atoms with Gasteiger partial charge in [0.2, 0.25) is 0 Å². The number of nitrogens with zero attached hydrogens (tertiary/aromatic N) is 1. The number of aromatic nitrogens is 2. The molecule has 0 aliphatic heterocycles. The van der Waals surface area contributed by atoms with E-state index in [0.717, 1.165) is 26.2 Å². The molecule has 3 rings (SSSR count). The first-order valence-corrected chi connectivity index (χ1v) is 8.40. The van der Waals surface area contributed by atoms with Gasteiger partial charge in [0.1, 0.15) is 0 Å². The van der Waals surface area contributed by atoms with Crippen LogP contribution < -0.4 is 0 Å². The molecule has 22 heavy (non-hydrogen) atoms. The summed E-state index contributed by atoms with van der Waals surface area (Å²) >= 11 is 5.08. The second-order valence-corrected chi connectivity index (χ2v) is 6.38. The summed E-state index contributed by atoms with van der Waals surface area (Å²) in [7, 11) is 1.38. The third-order valence-electron chi connectivity index (χ3n) is 3.22. The van der Waals surface area contributed by atoms with Gasteiger partial charge in [-0.15, -0.1) is 0 Å². The number of imidazole rings is 1. The number of hydrogen-bond acceptors (Lipinski definition) is 4. The quantitative estimate of drug-likeness (QED) is 0.541. The second kappa shape index (κ2) is 6.54. The minimum atomic E-state index is -0.345. The molecule has 2 aromatic carbocycles. The number of para-hydroxylation sites is 2. The third kappa shape index (κ3) is 3.03. The van der Waals surface area contributed by atoms with Crippen LogP contribution in [0.4, 0.5) is 0 Å². The van der Waals surface area contributed by atoms with Crippen LogP contribution >= 0.6 is 27.7 Å². The van der Waals surface area contributed by atoms with Crippen molar-refractivity contribution < 1.29 is 9.53 Å². The lowest BCUT2D eigenvalue weighted by Gasteiger charge is -2.07. The van der Waals surface area contributed by atoms with Crippen molar-refractivity contribution in [3.05, 3.63) is 58.1 Å². The zero-order valence-corrected chi connectivity index (χ0v) is 14.2. The van der Waals surface area contributed by atoms with E-state index in [2.05, 4.69) is 25.9 Å². The fourth-order valence-corrected chi connectivity index (χ4v) is 3.73. The zero-order chi connectivity index (χ0) is 15.5. The van der Waals surface area contributed by atoms with Gasteiger partial charge in [-0.25, -0.2) is 9.78 Å². The summed E-state index contributed by atoms with van der Waals surface area (Å²) in [4.78, 5) is 19.5. The highest BCUT2D eigenvalue weighted by atomic mass is 79.9. The van der Waals surface area contributed by atoms with Crippen LogP contribution in [0.3, 0.4) is 0 Å². The molecule has 4 nitrogen and oxygen atoms in total. The maximum Gasteiger partial charge on any atom is 0.339 e. The molecule has 1 N–H and O–H groups in total. The first-order valence-electron chi connectivity index (χ1n) is 6.62. The number of fused-ring (bicyclic) bond motifs is 1. The number of nitrogens with one attached hydrogen (secondary N) is 1. The molecule has 3 aromatic rings. The number of ether oxygens (including phenoxy) is 1. The molecule has 6 heteroatoms. The first-order chi connectivity index (χ1) is 10.7. The summed E-state index contributed by atoms with van der Waals surface area (Å²) in [5.74, 6) is 0.355. The van der Waals surface area contributed by atoms with Gasteiger partial charge in [-0.1, -0.05) is 36.0 Å². The molecule has 0 spiro atoms. The molecular weight excluding hydrogens is 364 g/mol. The first kappa shape index (κ1) is 15.1. The van der Waals surface area contributed by atoms with E-state index in [4.69, 9.17) is 4.74 Å². The smallest absolute Gasteiger partial charge is 0.339 e. The molecule has 1 heterocycles. The van der Waals surface area contributed by atoms with E-state index in [1.54, 1.807) is 17.8 Å². The molecule has 0 bridgehead atoms. The van der Waals surface area contributed by atoms with Crippen molar-refractivity contribution in [1.29, 1.82) is 0 Å². The van der Waals surface area contributed by atoms with Gasteiger partial charge < -0.3 is 9.72 Å². The van der Waals surface area contributed by atoms with Gasteiger partial charge >= 0.3 is 5.97 Å². The fourth-order valence-electron chi connectivity index (χ4n) is 2.10. The third-order valence-corrected chi connectivity index (χ3v) is 5.07. The van der Waals surface area contributed by atoms with Crippen molar-refractivity contribution in [2.75, 3.05) is 7.11 Å². The number of H-pyrrole nitrogens is 1. The summed E-state index contributed by atoms with van der Waals surface area (Å²) < 4.78 is 5.55. The van der Waals surface area contributed by atoms with Crippen molar-refractivity contribution in [3.8, 4) is 0 Å². The van der Waals surface area contributed by atoms with Gasteiger partial charge in [0, 0.05) is 10.2 Å². The van der Waals surface area contributed by atoms with Crippen LogP contribution in [0.1, 0.15) is 15.9 Å². The van der Waals surface area contributed by atoms with Crippen LogP contribution in [-0.2, 0) is 10.5 Å². The lowest BCUT2D eigenvalue weighted by atomic mass is 10.1. The van der Waals surface area contributed by atoms with Gasteiger partial charge in [0.25, 0.3) is 0 Å². The Bertz CT molecular complexity index is 799. The van der Waals surface area contributed by atoms with Crippen LogP contribution in [0.25, 0.3) is 11.0 Å². The summed E-state index contributed by atoms with van der Waals surface area (Å²) in [5, 5.41) is 0.858. The standard InChI is InChI=1S/C16H13BrN2O2S/c1-21-15(20)11-6-4-5-10(14(11)17)9-22-16-18-12-7-2-3-8-13(12)19-16/h2-8H,9H2,1H3,(H,18,19). The molecule has 0 unspecified atom stereocenters. The van der Waals surface area contributed by atoms with Crippen LogP contribution in [0.2, 0.25) is 0 Å². The Labute approximate surface area is 140 Å². The fraction of sp³-hybridized carbons (Fsp3) is 0.125. The Morgan fingerprint density at radius 1 is 1.27 bits per heavy atom. The molecule has 0 atom stereocenters. The molecule has 0 fully saturated rings. The molecule has 0 radical (unpaired) electrons. The normalized spacial score (nSPS) is 10.8. The number of esters is 1. The van der Waals surface area contributed by atoms with Crippen molar-refractivity contribution in [3.63, 3.8) is 0 Å². The molecule has 1 aromatic heterocycles. The summed E-state index contributed by atoms with van der Waals surface area (Å²) in [6.45, 7) is 0. The zero-order valence-electron chi connectivity index (χ0n) is 11.8. The second-order valence-electron chi connectivity index (χ2n) is 4.62. The molecule has 0 saturated carbocycles. The van der Waals surface area contributed by atoms with Gasteiger partial charge in [-0.05, 0) is 39.7 Å². The monoisotopic (exact) mass is 376 g/mol. The summed E-state index contributed by atoms with van der Waals surface area (Å²) in [5.41, 5.74) is 3.53. The van der Waals surface area contributed by atoms with E-state index in [-0.39, 0.29) is 5.97 Å². The molecule has 0 saturated heterocycles. The van der Waals surface area contributed by atoms with Crippen molar-refractivity contribution in [2.45, 2.75) is 10.9 Å². The summed E-state index contributed by atoms with van der Waals surface area (Å²) in [6, 6.07) is 13.5. The van der Waals surface area contributed by atoms with Gasteiger partial charge in [0.15, 0.2) is 5.16 Å². The van der Waals surface area contributed by atoms with Crippen molar-refractivity contribution in [1.82, 2.24) is 9.97 Å².